The molecule has 0 saturated heterocycles. The maximum atomic E-state index is 5.53. The van der Waals surface area contributed by atoms with Gasteiger partial charge in [0.05, 0.1) is 6.10 Å². The van der Waals surface area contributed by atoms with Crippen molar-refractivity contribution in [2.45, 2.75) is 38.8 Å². The van der Waals surface area contributed by atoms with Crippen LogP contribution in [0.15, 0.2) is 4.99 Å². The highest BCUT2D eigenvalue weighted by Crippen LogP contribution is 2.25. The fraction of sp³-hybridized carbons (Fsp3) is 0.909. The second-order valence-corrected chi connectivity index (χ2v) is 5.46. The summed E-state index contributed by atoms with van der Waals surface area (Å²) in [4.78, 5) is 4.53. The normalized spacial score (nSPS) is 35.6. The van der Waals surface area contributed by atoms with Gasteiger partial charge in [-0.1, -0.05) is 18.7 Å². The SMILES string of the molecule is CCOC1CC(NC2=NCC(C)CS2)C1. The number of nitrogens with zero attached hydrogens (tertiary/aromatic N) is 1. The van der Waals surface area contributed by atoms with E-state index in [0.717, 1.165) is 37.1 Å². The molecular weight excluding hydrogens is 208 g/mol. The molecule has 1 aliphatic carbocycles. The van der Waals surface area contributed by atoms with Crippen molar-refractivity contribution in [3.8, 4) is 0 Å². The third-order valence-electron chi connectivity index (χ3n) is 2.88. The van der Waals surface area contributed by atoms with E-state index in [1.165, 1.54) is 5.75 Å². The zero-order valence-corrected chi connectivity index (χ0v) is 10.3. The van der Waals surface area contributed by atoms with Crippen LogP contribution < -0.4 is 5.32 Å². The van der Waals surface area contributed by atoms with Crippen LogP contribution in [0.3, 0.4) is 0 Å². The van der Waals surface area contributed by atoms with Crippen molar-refractivity contribution >= 4 is 16.9 Å². The lowest BCUT2D eigenvalue weighted by Gasteiger charge is -2.36. The molecule has 0 aromatic heterocycles. The Balaban J connectivity index is 1.67. The van der Waals surface area contributed by atoms with Gasteiger partial charge in [0.25, 0.3) is 0 Å². The van der Waals surface area contributed by atoms with Crippen LogP contribution in [0.5, 0.6) is 0 Å². The molecule has 1 aliphatic heterocycles. The summed E-state index contributed by atoms with van der Waals surface area (Å²) in [6.07, 6.45) is 2.77. The summed E-state index contributed by atoms with van der Waals surface area (Å²) in [7, 11) is 0. The quantitative estimate of drug-likeness (QED) is 0.801. The molecule has 1 N–H and O–H groups in total. The molecule has 1 fully saturated rings. The van der Waals surface area contributed by atoms with Crippen molar-refractivity contribution in [2.24, 2.45) is 10.9 Å². The smallest absolute Gasteiger partial charge is 0.156 e. The van der Waals surface area contributed by atoms with Gasteiger partial charge in [0, 0.05) is 24.9 Å². The first-order chi connectivity index (χ1) is 7.28. The molecule has 0 bridgehead atoms. The van der Waals surface area contributed by atoms with E-state index in [2.05, 4.69) is 24.2 Å². The number of aliphatic imine (C=N–C) groups is 1. The standard InChI is InChI=1S/C11H20N2OS/c1-3-14-10-4-9(5-10)13-11-12-6-8(2)7-15-11/h8-10H,3-7H2,1-2H3,(H,12,13). The molecule has 1 atom stereocenters. The molecule has 1 saturated carbocycles. The predicted octanol–water partition coefficient (Wildman–Crippen LogP) is 1.88. The van der Waals surface area contributed by atoms with Gasteiger partial charge in [0.15, 0.2) is 5.17 Å². The van der Waals surface area contributed by atoms with Crippen LogP contribution >= 0.6 is 11.8 Å². The molecule has 2 aliphatic rings. The van der Waals surface area contributed by atoms with Crippen LogP contribution in [-0.2, 0) is 4.74 Å². The average Bonchev–Trinajstić information content (AvgIpc) is 2.18. The van der Waals surface area contributed by atoms with Crippen molar-refractivity contribution in [3.63, 3.8) is 0 Å². The summed E-state index contributed by atoms with van der Waals surface area (Å²) < 4.78 is 5.53. The van der Waals surface area contributed by atoms with Crippen molar-refractivity contribution in [1.82, 2.24) is 5.32 Å². The number of rotatable bonds is 3. The minimum Gasteiger partial charge on any atom is -0.378 e. The van der Waals surface area contributed by atoms with Gasteiger partial charge in [-0.3, -0.25) is 4.99 Å². The van der Waals surface area contributed by atoms with E-state index in [9.17, 15) is 0 Å². The van der Waals surface area contributed by atoms with Crippen molar-refractivity contribution < 1.29 is 4.74 Å². The zero-order valence-electron chi connectivity index (χ0n) is 9.53. The van der Waals surface area contributed by atoms with Crippen LogP contribution in [-0.4, -0.2) is 36.2 Å². The van der Waals surface area contributed by atoms with E-state index in [1.54, 1.807) is 0 Å². The molecule has 4 heteroatoms. The summed E-state index contributed by atoms with van der Waals surface area (Å²) in [5.74, 6) is 1.94. The monoisotopic (exact) mass is 228 g/mol. The molecular formula is C11H20N2OS. The first-order valence-corrected chi connectivity index (χ1v) is 6.82. The summed E-state index contributed by atoms with van der Waals surface area (Å²) in [6, 6.07) is 0.598. The summed E-state index contributed by atoms with van der Waals surface area (Å²) >= 11 is 1.86. The lowest BCUT2D eigenvalue weighted by Crippen LogP contribution is -2.47. The molecule has 1 unspecified atom stereocenters. The molecule has 15 heavy (non-hydrogen) atoms. The van der Waals surface area contributed by atoms with Crippen LogP contribution in [0.25, 0.3) is 0 Å². The fourth-order valence-corrected chi connectivity index (χ4v) is 2.84. The zero-order chi connectivity index (χ0) is 10.7. The Morgan fingerprint density at radius 1 is 1.53 bits per heavy atom. The number of amidine groups is 1. The number of nitrogens with one attached hydrogen (secondary N) is 1. The van der Waals surface area contributed by atoms with Crippen molar-refractivity contribution in [2.75, 3.05) is 18.9 Å². The lowest BCUT2D eigenvalue weighted by atomic mass is 9.89. The molecule has 0 spiro atoms. The van der Waals surface area contributed by atoms with Gasteiger partial charge in [0.2, 0.25) is 0 Å². The van der Waals surface area contributed by atoms with Gasteiger partial charge in [-0.05, 0) is 25.7 Å². The Bertz CT molecular complexity index is 239. The second kappa shape index (κ2) is 5.21. The molecule has 86 valence electrons. The Hall–Kier alpha value is -0.220. The highest BCUT2D eigenvalue weighted by molar-refractivity contribution is 8.13. The molecule has 0 aromatic rings. The summed E-state index contributed by atoms with van der Waals surface area (Å²) in [5, 5.41) is 4.64. The molecule has 0 radical (unpaired) electrons. The first-order valence-electron chi connectivity index (χ1n) is 5.83. The Kier molecular flexibility index (Phi) is 3.92. The topological polar surface area (TPSA) is 33.6 Å². The van der Waals surface area contributed by atoms with Gasteiger partial charge >= 0.3 is 0 Å². The van der Waals surface area contributed by atoms with Crippen molar-refractivity contribution in [1.29, 1.82) is 0 Å². The maximum absolute atomic E-state index is 5.53. The van der Waals surface area contributed by atoms with Crippen molar-refractivity contribution in [3.05, 3.63) is 0 Å². The van der Waals surface area contributed by atoms with Gasteiger partial charge in [-0.15, -0.1) is 0 Å². The van der Waals surface area contributed by atoms with Gasteiger partial charge in [-0.2, -0.15) is 0 Å². The van der Waals surface area contributed by atoms with Crippen LogP contribution in [0, 0.1) is 5.92 Å². The minimum atomic E-state index is 0.487. The Labute approximate surface area is 96.1 Å². The Morgan fingerprint density at radius 2 is 2.33 bits per heavy atom. The summed E-state index contributed by atoms with van der Waals surface area (Å²) in [5.41, 5.74) is 0. The molecule has 0 amide bonds. The number of hydrogen-bond acceptors (Lipinski definition) is 4. The second-order valence-electron chi connectivity index (χ2n) is 4.45. The van der Waals surface area contributed by atoms with Gasteiger partial charge in [0.1, 0.15) is 0 Å². The van der Waals surface area contributed by atoms with Crippen LogP contribution in [0.1, 0.15) is 26.7 Å². The summed E-state index contributed by atoms with van der Waals surface area (Å²) in [6.45, 7) is 6.13. The Morgan fingerprint density at radius 3 is 2.93 bits per heavy atom. The van der Waals surface area contributed by atoms with E-state index >= 15 is 0 Å². The third-order valence-corrected chi connectivity index (χ3v) is 4.13. The van der Waals surface area contributed by atoms with E-state index in [4.69, 9.17) is 4.74 Å². The van der Waals surface area contributed by atoms with E-state index < -0.39 is 0 Å². The predicted molar refractivity (Wildman–Crippen MR) is 65.5 cm³/mol. The van der Waals surface area contributed by atoms with Crippen LogP contribution in [0.2, 0.25) is 0 Å². The lowest BCUT2D eigenvalue weighted by molar-refractivity contribution is -0.00543. The molecule has 2 rings (SSSR count). The minimum absolute atomic E-state index is 0.487. The van der Waals surface area contributed by atoms with Crippen LogP contribution in [0.4, 0.5) is 0 Å². The molecule has 3 nitrogen and oxygen atoms in total. The number of ether oxygens (including phenoxy) is 1. The first kappa shape index (κ1) is 11.3. The third kappa shape index (κ3) is 3.11. The molecule has 0 aromatic carbocycles. The highest BCUT2D eigenvalue weighted by Gasteiger charge is 2.30. The van der Waals surface area contributed by atoms with E-state index in [-0.39, 0.29) is 0 Å². The van der Waals surface area contributed by atoms with Gasteiger partial charge in [-0.25, -0.2) is 0 Å². The number of thioether (sulfide) groups is 1. The maximum Gasteiger partial charge on any atom is 0.156 e. The van der Waals surface area contributed by atoms with E-state index in [0.29, 0.717) is 12.1 Å². The highest BCUT2D eigenvalue weighted by atomic mass is 32.2. The largest absolute Gasteiger partial charge is 0.378 e. The molecule has 1 heterocycles. The fourth-order valence-electron chi connectivity index (χ4n) is 1.88. The van der Waals surface area contributed by atoms with E-state index in [1.807, 2.05) is 11.8 Å². The van der Waals surface area contributed by atoms with Gasteiger partial charge < -0.3 is 10.1 Å². The average molecular weight is 228 g/mol. The number of hydrogen-bond donors (Lipinski definition) is 1.